The monoisotopic (exact) mass is 374 g/mol. The number of hydrogen-bond acceptors (Lipinski definition) is 4. The predicted octanol–water partition coefficient (Wildman–Crippen LogP) is 3.18. The molecule has 6 heteroatoms. The molecule has 0 bridgehead atoms. The Labute approximate surface area is 143 Å². The zero-order valence-electron chi connectivity index (χ0n) is 13.2. The lowest BCUT2D eigenvalue weighted by Crippen LogP contribution is -2.21. The molecular formula is C17H19BrN4O. The maximum Gasteiger partial charge on any atom is 0.155 e. The van der Waals surface area contributed by atoms with Gasteiger partial charge in [0, 0.05) is 37.1 Å². The van der Waals surface area contributed by atoms with E-state index in [2.05, 4.69) is 38.0 Å². The van der Waals surface area contributed by atoms with Crippen LogP contribution in [0.25, 0.3) is 5.65 Å². The Morgan fingerprint density at radius 2 is 2.09 bits per heavy atom. The number of aryl methyl sites for hydroxylation is 1. The summed E-state index contributed by atoms with van der Waals surface area (Å²) in [5, 5.41) is 13.9. The highest BCUT2D eigenvalue weighted by atomic mass is 79.9. The smallest absolute Gasteiger partial charge is 0.155 e. The van der Waals surface area contributed by atoms with Crippen molar-refractivity contribution >= 4 is 21.6 Å². The molecule has 120 valence electrons. The van der Waals surface area contributed by atoms with Gasteiger partial charge in [-0.1, -0.05) is 6.07 Å². The van der Waals surface area contributed by atoms with Crippen molar-refractivity contribution < 1.29 is 5.11 Å². The van der Waals surface area contributed by atoms with Gasteiger partial charge in [0.05, 0.1) is 10.2 Å². The van der Waals surface area contributed by atoms with Gasteiger partial charge in [0.2, 0.25) is 0 Å². The van der Waals surface area contributed by atoms with Crippen molar-refractivity contribution in [3.63, 3.8) is 0 Å². The molecule has 0 spiro atoms. The van der Waals surface area contributed by atoms with Crippen molar-refractivity contribution in [1.82, 2.24) is 19.5 Å². The number of phenolic OH excluding ortho intramolecular Hbond substituents is 1. The number of rotatable bonds is 5. The lowest BCUT2D eigenvalue weighted by molar-refractivity contribution is 0.330. The van der Waals surface area contributed by atoms with Crippen LogP contribution in [0.15, 0.2) is 41.1 Å². The van der Waals surface area contributed by atoms with E-state index in [4.69, 9.17) is 0 Å². The summed E-state index contributed by atoms with van der Waals surface area (Å²) in [6, 6.07) is 7.60. The third-order valence-corrected chi connectivity index (χ3v) is 4.37. The van der Waals surface area contributed by atoms with Gasteiger partial charge in [-0.25, -0.2) is 9.50 Å². The minimum atomic E-state index is 0.274. The van der Waals surface area contributed by atoms with Crippen LogP contribution in [-0.2, 0) is 13.0 Å². The first kappa shape index (κ1) is 16.0. The van der Waals surface area contributed by atoms with E-state index in [-0.39, 0.29) is 5.75 Å². The predicted molar refractivity (Wildman–Crippen MR) is 93.6 cm³/mol. The Hall–Kier alpha value is -1.92. The third kappa shape index (κ3) is 3.89. The molecule has 1 N–H and O–H groups in total. The molecule has 0 fully saturated rings. The average molecular weight is 375 g/mol. The molecule has 0 aliphatic rings. The summed E-state index contributed by atoms with van der Waals surface area (Å²) >= 11 is 3.35. The van der Waals surface area contributed by atoms with Gasteiger partial charge >= 0.3 is 0 Å². The second kappa shape index (κ2) is 6.68. The van der Waals surface area contributed by atoms with Gasteiger partial charge in [0.1, 0.15) is 5.75 Å². The quantitative estimate of drug-likeness (QED) is 0.744. The normalized spacial score (nSPS) is 11.5. The highest BCUT2D eigenvalue weighted by molar-refractivity contribution is 9.10. The van der Waals surface area contributed by atoms with Crippen molar-refractivity contribution in [2.24, 2.45) is 0 Å². The summed E-state index contributed by atoms with van der Waals surface area (Å²) in [7, 11) is 2.09. The van der Waals surface area contributed by atoms with Gasteiger partial charge in [-0.2, -0.15) is 5.10 Å². The fraction of sp³-hybridized carbons (Fsp3) is 0.294. The van der Waals surface area contributed by atoms with E-state index < -0.39 is 0 Å². The number of benzene rings is 1. The fourth-order valence-electron chi connectivity index (χ4n) is 2.53. The molecular weight excluding hydrogens is 356 g/mol. The summed E-state index contributed by atoms with van der Waals surface area (Å²) in [5.41, 5.74) is 4.18. The molecule has 0 saturated heterocycles. The van der Waals surface area contributed by atoms with Crippen LogP contribution >= 0.6 is 15.9 Å². The Morgan fingerprint density at radius 1 is 1.26 bits per heavy atom. The summed E-state index contributed by atoms with van der Waals surface area (Å²) in [4.78, 5) is 6.68. The maximum atomic E-state index is 9.53. The first-order valence-corrected chi connectivity index (χ1v) is 8.27. The Bertz CT molecular complexity index is 831. The van der Waals surface area contributed by atoms with Crippen LogP contribution in [-0.4, -0.2) is 38.2 Å². The van der Waals surface area contributed by atoms with Gasteiger partial charge in [-0.15, -0.1) is 0 Å². The van der Waals surface area contributed by atoms with Crippen LogP contribution in [0, 0.1) is 6.92 Å². The van der Waals surface area contributed by atoms with Crippen molar-refractivity contribution in [3.8, 4) is 5.75 Å². The number of aromatic hydroxyl groups is 1. The summed E-state index contributed by atoms with van der Waals surface area (Å²) in [6.07, 6.45) is 4.86. The molecule has 1 aromatic carbocycles. The Morgan fingerprint density at radius 3 is 2.87 bits per heavy atom. The average Bonchev–Trinajstić information content (AvgIpc) is 2.88. The summed E-state index contributed by atoms with van der Waals surface area (Å²) in [5.74, 6) is 0.274. The highest BCUT2D eigenvalue weighted by Gasteiger charge is 2.06. The Balaban J connectivity index is 1.61. The van der Waals surface area contributed by atoms with Crippen LogP contribution < -0.4 is 0 Å². The van der Waals surface area contributed by atoms with E-state index in [1.54, 1.807) is 6.07 Å². The van der Waals surface area contributed by atoms with Crippen LogP contribution in [0.5, 0.6) is 5.75 Å². The second-order valence-electron chi connectivity index (χ2n) is 5.82. The summed E-state index contributed by atoms with van der Waals surface area (Å²) in [6.45, 7) is 3.71. The highest BCUT2D eigenvalue weighted by Crippen LogP contribution is 2.24. The number of fused-ring (bicyclic) bond motifs is 1. The third-order valence-electron chi connectivity index (χ3n) is 3.74. The zero-order valence-corrected chi connectivity index (χ0v) is 14.8. The lowest BCUT2D eigenvalue weighted by Gasteiger charge is -2.16. The molecule has 0 unspecified atom stereocenters. The van der Waals surface area contributed by atoms with Crippen LogP contribution in [0.1, 0.15) is 16.8 Å². The van der Waals surface area contributed by atoms with Gasteiger partial charge in [-0.05, 0) is 54.0 Å². The van der Waals surface area contributed by atoms with E-state index in [0.29, 0.717) is 0 Å². The van der Waals surface area contributed by atoms with E-state index in [1.807, 2.05) is 42.0 Å². The van der Waals surface area contributed by atoms with E-state index in [9.17, 15) is 5.11 Å². The van der Waals surface area contributed by atoms with Crippen LogP contribution in [0.2, 0.25) is 0 Å². The molecule has 23 heavy (non-hydrogen) atoms. The zero-order chi connectivity index (χ0) is 16.4. The maximum absolute atomic E-state index is 9.53. The molecule has 2 heterocycles. The standard InChI is InChI=1S/C17H19BrN4O/c1-12-7-17-19-9-14(11-22(17)20-12)10-21(2)6-5-13-3-4-16(23)15(18)8-13/h3-4,7-9,11,23H,5-6,10H2,1-2H3. The van der Waals surface area contributed by atoms with Gasteiger partial charge in [-0.3, -0.25) is 0 Å². The molecule has 0 aliphatic carbocycles. The number of likely N-dealkylation sites (N-methyl/N-ethyl adjacent to an activating group) is 1. The molecule has 3 rings (SSSR count). The molecule has 0 saturated carbocycles. The van der Waals surface area contributed by atoms with Crippen LogP contribution in [0.4, 0.5) is 0 Å². The van der Waals surface area contributed by atoms with Crippen molar-refractivity contribution in [2.45, 2.75) is 19.9 Å². The minimum Gasteiger partial charge on any atom is -0.507 e. The molecule has 0 atom stereocenters. The van der Waals surface area contributed by atoms with Gasteiger partial charge in [0.15, 0.2) is 5.65 Å². The first-order chi connectivity index (χ1) is 11.0. The van der Waals surface area contributed by atoms with Gasteiger partial charge < -0.3 is 10.0 Å². The van der Waals surface area contributed by atoms with E-state index >= 15 is 0 Å². The van der Waals surface area contributed by atoms with Crippen molar-refractivity contribution in [2.75, 3.05) is 13.6 Å². The lowest BCUT2D eigenvalue weighted by atomic mass is 10.1. The SMILES string of the molecule is Cc1cc2ncc(CN(C)CCc3ccc(O)c(Br)c3)cn2n1. The number of hydrogen-bond donors (Lipinski definition) is 1. The topological polar surface area (TPSA) is 53.7 Å². The van der Waals surface area contributed by atoms with E-state index in [1.165, 1.54) is 5.56 Å². The number of phenols is 1. The molecule has 3 aromatic rings. The van der Waals surface area contributed by atoms with E-state index in [0.717, 1.165) is 40.9 Å². The summed E-state index contributed by atoms with van der Waals surface area (Å²) < 4.78 is 2.57. The fourth-order valence-corrected chi connectivity index (χ4v) is 2.96. The minimum absolute atomic E-state index is 0.274. The molecule has 0 radical (unpaired) electrons. The molecule has 0 aliphatic heterocycles. The first-order valence-electron chi connectivity index (χ1n) is 7.48. The largest absolute Gasteiger partial charge is 0.507 e. The number of halogens is 1. The molecule has 0 amide bonds. The molecule has 2 aromatic heterocycles. The van der Waals surface area contributed by atoms with Crippen molar-refractivity contribution in [3.05, 3.63) is 58.0 Å². The van der Waals surface area contributed by atoms with Gasteiger partial charge in [0.25, 0.3) is 0 Å². The van der Waals surface area contributed by atoms with Crippen molar-refractivity contribution in [1.29, 1.82) is 0 Å². The number of nitrogens with zero attached hydrogens (tertiary/aromatic N) is 4. The second-order valence-corrected chi connectivity index (χ2v) is 6.68. The molecule has 5 nitrogen and oxygen atoms in total. The van der Waals surface area contributed by atoms with Crippen LogP contribution in [0.3, 0.4) is 0 Å². The number of aromatic nitrogens is 3. The Kier molecular flexibility index (Phi) is 4.63.